The molecule has 1 aromatic heterocycles. The molecule has 8 heteroatoms. The van der Waals surface area contributed by atoms with Crippen LogP contribution in [0.15, 0.2) is 36.5 Å². The van der Waals surface area contributed by atoms with E-state index in [4.69, 9.17) is 9.47 Å². The first-order chi connectivity index (χ1) is 11.7. The predicted octanol–water partition coefficient (Wildman–Crippen LogP) is 1.30. The fraction of sp³-hybridized carbons (Fsp3) is 0.412. The molecule has 1 fully saturated rings. The summed E-state index contributed by atoms with van der Waals surface area (Å²) in [7, 11) is 1.64. The molecule has 25 heavy (non-hydrogen) atoms. The minimum atomic E-state index is -0.00278. The molecule has 1 aromatic carbocycles. The maximum atomic E-state index is 12.0. The highest BCUT2D eigenvalue weighted by molar-refractivity contribution is 5.85. The van der Waals surface area contributed by atoms with Gasteiger partial charge in [0.1, 0.15) is 5.75 Å². The molecule has 1 saturated heterocycles. The summed E-state index contributed by atoms with van der Waals surface area (Å²) in [6.07, 6.45) is 2.29. The average Bonchev–Trinajstić information content (AvgIpc) is 3.10. The minimum Gasteiger partial charge on any atom is -0.497 e. The number of morpholine rings is 1. The quantitative estimate of drug-likeness (QED) is 0.805. The van der Waals surface area contributed by atoms with Crippen molar-refractivity contribution in [2.24, 2.45) is 0 Å². The Balaban J connectivity index is 0.00000225. The third-order valence-corrected chi connectivity index (χ3v) is 3.88. The Morgan fingerprint density at radius 2 is 2.20 bits per heavy atom. The second-order valence-electron chi connectivity index (χ2n) is 5.66. The first kappa shape index (κ1) is 19.2. The molecule has 2 aromatic rings. The Hall–Kier alpha value is -2.09. The number of aromatic nitrogens is 2. The van der Waals surface area contributed by atoms with Crippen molar-refractivity contribution in [3.63, 3.8) is 0 Å². The standard InChI is InChI=1S/C17H22N4O3.ClH/c1-23-16-4-2-15(3-5-16)21-8-6-13(20-21)11-19-17(22)10-14-12-24-9-7-18-14;/h2-6,8,14,18H,7,9-12H2,1H3,(H,19,22);1H. The van der Waals surface area contributed by atoms with E-state index in [0.717, 1.165) is 23.7 Å². The van der Waals surface area contributed by atoms with Crippen LogP contribution in [0.3, 0.4) is 0 Å². The largest absolute Gasteiger partial charge is 0.497 e. The van der Waals surface area contributed by atoms with Crippen LogP contribution in [-0.4, -0.2) is 48.6 Å². The number of carbonyl (C=O) groups excluding carboxylic acids is 1. The SMILES string of the molecule is COc1ccc(-n2ccc(CNC(=O)CC3COCCN3)n2)cc1.Cl. The highest BCUT2D eigenvalue weighted by atomic mass is 35.5. The zero-order chi connectivity index (χ0) is 16.8. The van der Waals surface area contributed by atoms with Gasteiger partial charge in [-0.2, -0.15) is 5.10 Å². The number of amides is 1. The van der Waals surface area contributed by atoms with Gasteiger partial charge >= 0.3 is 0 Å². The number of benzene rings is 1. The molecular weight excluding hydrogens is 344 g/mol. The Morgan fingerprint density at radius 1 is 1.40 bits per heavy atom. The van der Waals surface area contributed by atoms with E-state index in [0.29, 0.717) is 26.2 Å². The van der Waals surface area contributed by atoms with E-state index < -0.39 is 0 Å². The monoisotopic (exact) mass is 366 g/mol. The van der Waals surface area contributed by atoms with Crippen LogP contribution in [0.25, 0.3) is 5.69 Å². The number of nitrogens with one attached hydrogen (secondary N) is 2. The van der Waals surface area contributed by atoms with Gasteiger partial charge in [0.25, 0.3) is 0 Å². The maximum absolute atomic E-state index is 12.0. The van der Waals surface area contributed by atoms with E-state index >= 15 is 0 Å². The van der Waals surface area contributed by atoms with Gasteiger partial charge in [-0.05, 0) is 30.3 Å². The summed E-state index contributed by atoms with van der Waals surface area (Å²) in [5.74, 6) is 0.802. The molecule has 0 saturated carbocycles. The summed E-state index contributed by atoms with van der Waals surface area (Å²) in [6.45, 7) is 2.50. The van der Waals surface area contributed by atoms with E-state index in [1.165, 1.54) is 0 Å². The number of halogens is 1. The van der Waals surface area contributed by atoms with Gasteiger partial charge in [0, 0.05) is 25.2 Å². The molecular formula is C17H23ClN4O3. The van der Waals surface area contributed by atoms with Gasteiger partial charge in [0.2, 0.25) is 5.91 Å². The summed E-state index contributed by atoms with van der Waals surface area (Å²) < 4.78 is 12.3. The molecule has 136 valence electrons. The lowest BCUT2D eigenvalue weighted by Crippen LogP contribution is -2.44. The summed E-state index contributed by atoms with van der Waals surface area (Å²) >= 11 is 0. The zero-order valence-electron chi connectivity index (χ0n) is 14.1. The molecule has 2 heterocycles. The number of methoxy groups -OCH3 is 1. The van der Waals surface area contributed by atoms with Gasteiger partial charge in [0.15, 0.2) is 0 Å². The Morgan fingerprint density at radius 3 is 2.88 bits per heavy atom. The normalized spacial score (nSPS) is 16.8. The molecule has 2 N–H and O–H groups in total. The molecule has 1 amide bonds. The van der Waals surface area contributed by atoms with Crippen molar-refractivity contribution in [1.82, 2.24) is 20.4 Å². The van der Waals surface area contributed by atoms with Crippen LogP contribution in [0.4, 0.5) is 0 Å². The lowest BCUT2D eigenvalue weighted by atomic mass is 10.2. The zero-order valence-corrected chi connectivity index (χ0v) is 14.9. The van der Waals surface area contributed by atoms with E-state index in [9.17, 15) is 4.79 Å². The van der Waals surface area contributed by atoms with Gasteiger partial charge in [-0.3, -0.25) is 4.79 Å². The third-order valence-electron chi connectivity index (χ3n) is 3.88. The maximum Gasteiger partial charge on any atom is 0.221 e. The lowest BCUT2D eigenvalue weighted by molar-refractivity contribution is -0.122. The van der Waals surface area contributed by atoms with Crippen LogP contribution in [0.2, 0.25) is 0 Å². The van der Waals surface area contributed by atoms with Gasteiger partial charge in [0.05, 0.1) is 38.2 Å². The number of nitrogens with zero attached hydrogens (tertiary/aromatic N) is 2. The Bertz CT molecular complexity index is 669. The average molecular weight is 367 g/mol. The molecule has 1 aliphatic rings. The summed E-state index contributed by atoms with van der Waals surface area (Å²) in [4.78, 5) is 12.0. The second-order valence-corrected chi connectivity index (χ2v) is 5.66. The summed E-state index contributed by atoms with van der Waals surface area (Å²) in [5.41, 5.74) is 1.75. The van der Waals surface area contributed by atoms with Crippen LogP contribution in [-0.2, 0) is 16.1 Å². The second kappa shape index (κ2) is 9.41. The summed E-state index contributed by atoms with van der Waals surface area (Å²) in [5, 5.41) is 10.6. The number of hydrogen-bond donors (Lipinski definition) is 2. The van der Waals surface area contributed by atoms with E-state index in [2.05, 4.69) is 15.7 Å². The van der Waals surface area contributed by atoms with Crippen molar-refractivity contribution >= 4 is 18.3 Å². The van der Waals surface area contributed by atoms with Gasteiger partial charge in [-0.25, -0.2) is 4.68 Å². The highest BCUT2D eigenvalue weighted by Gasteiger charge is 2.16. The number of carbonyl (C=O) groups is 1. The number of ether oxygens (including phenoxy) is 2. The first-order valence-electron chi connectivity index (χ1n) is 8.01. The topological polar surface area (TPSA) is 77.4 Å². The van der Waals surface area contributed by atoms with Crippen LogP contribution < -0.4 is 15.4 Å². The predicted molar refractivity (Wildman–Crippen MR) is 96.4 cm³/mol. The molecule has 1 unspecified atom stereocenters. The first-order valence-corrected chi connectivity index (χ1v) is 8.01. The van der Waals surface area contributed by atoms with Gasteiger partial charge in [-0.1, -0.05) is 0 Å². The lowest BCUT2D eigenvalue weighted by Gasteiger charge is -2.23. The molecule has 1 aliphatic heterocycles. The molecule has 0 radical (unpaired) electrons. The smallest absolute Gasteiger partial charge is 0.221 e. The van der Waals surface area contributed by atoms with Crippen molar-refractivity contribution in [3.8, 4) is 11.4 Å². The number of rotatable bonds is 6. The molecule has 0 aliphatic carbocycles. The van der Waals surface area contributed by atoms with Crippen LogP contribution in [0, 0.1) is 0 Å². The van der Waals surface area contributed by atoms with Crippen LogP contribution in [0.5, 0.6) is 5.75 Å². The Labute approximate surface area is 153 Å². The van der Waals surface area contributed by atoms with Gasteiger partial charge < -0.3 is 20.1 Å². The van der Waals surface area contributed by atoms with E-state index in [1.54, 1.807) is 11.8 Å². The van der Waals surface area contributed by atoms with Crippen molar-refractivity contribution in [1.29, 1.82) is 0 Å². The third kappa shape index (κ3) is 5.45. The summed E-state index contributed by atoms with van der Waals surface area (Å²) in [6, 6.07) is 9.63. The van der Waals surface area contributed by atoms with Gasteiger partial charge in [-0.15, -0.1) is 12.4 Å². The molecule has 0 spiro atoms. The van der Waals surface area contributed by atoms with Crippen molar-refractivity contribution in [3.05, 3.63) is 42.2 Å². The fourth-order valence-corrected chi connectivity index (χ4v) is 2.57. The van der Waals surface area contributed by atoms with Crippen molar-refractivity contribution in [2.45, 2.75) is 19.0 Å². The van der Waals surface area contributed by atoms with Crippen molar-refractivity contribution in [2.75, 3.05) is 26.9 Å². The van der Waals surface area contributed by atoms with Crippen LogP contribution in [0.1, 0.15) is 12.1 Å². The highest BCUT2D eigenvalue weighted by Crippen LogP contribution is 2.14. The molecule has 3 rings (SSSR count). The molecule has 0 bridgehead atoms. The molecule has 1 atom stereocenters. The van der Waals surface area contributed by atoms with E-state index in [-0.39, 0.29) is 24.4 Å². The van der Waals surface area contributed by atoms with Crippen molar-refractivity contribution < 1.29 is 14.3 Å². The number of hydrogen-bond acceptors (Lipinski definition) is 5. The fourth-order valence-electron chi connectivity index (χ4n) is 2.57. The molecule has 7 nitrogen and oxygen atoms in total. The minimum absolute atomic E-state index is 0. The Kier molecular flexibility index (Phi) is 7.24. The van der Waals surface area contributed by atoms with E-state index in [1.807, 2.05) is 36.5 Å². The van der Waals surface area contributed by atoms with Crippen LogP contribution >= 0.6 is 12.4 Å².